The van der Waals surface area contributed by atoms with Crippen molar-refractivity contribution < 1.29 is 9.59 Å². The summed E-state index contributed by atoms with van der Waals surface area (Å²) < 4.78 is 0. The molecule has 114 valence electrons. The van der Waals surface area contributed by atoms with E-state index in [0.29, 0.717) is 12.1 Å². The van der Waals surface area contributed by atoms with Crippen molar-refractivity contribution in [2.75, 3.05) is 7.05 Å². The van der Waals surface area contributed by atoms with Gasteiger partial charge in [-0.05, 0) is 30.5 Å². The first-order valence-electron chi connectivity index (χ1n) is 7.07. The molecule has 3 amide bonds. The highest BCUT2D eigenvalue weighted by Crippen LogP contribution is 2.04. The van der Waals surface area contributed by atoms with E-state index in [-0.39, 0.29) is 18.0 Å². The first kappa shape index (κ1) is 16.8. The fraction of sp³-hybridized carbons (Fsp3) is 0.375. The van der Waals surface area contributed by atoms with Gasteiger partial charge in [-0.15, -0.1) is 6.58 Å². The summed E-state index contributed by atoms with van der Waals surface area (Å²) in [5.41, 5.74) is 1.54. The molecule has 0 aromatic heterocycles. The van der Waals surface area contributed by atoms with Gasteiger partial charge in [-0.25, -0.2) is 4.79 Å². The predicted molar refractivity (Wildman–Crippen MR) is 84.1 cm³/mol. The second-order valence-electron chi connectivity index (χ2n) is 4.73. The van der Waals surface area contributed by atoms with Gasteiger partial charge in [0, 0.05) is 25.2 Å². The fourth-order valence-electron chi connectivity index (χ4n) is 1.87. The highest BCUT2D eigenvalue weighted by Gasteiger charge is 2.08. The third-order valence-corrected chi connectivity index (χ3v) is 3.18. The second-order valence-corrected chi connectivity index (χ2v) is 4.73. The maximum atomic E-state index is 11.8. The number of nitrogens with one attached hydrogen (secondary N) is 3. The van der Waals surface area contributed by atoms with Crippen molar-refractivity contribution >= 4 is 11.9 Å². The third-order valence-electron chi connectivity index (χ3n) is 3.18. The van der Waals surface area contributed by atoms with Crippen LogP contribution in [0.3, 0.4) is 0 Å². The largest absolute Gasteiger partial charge is 0.355 e. The van der Waals surface area contributed by atoms with Gasteiger partial charge in [0.25, 0.3) is 5.91 Å². The molecule has 5 nitrogen and oxygen atoms in total. The smallest absolute Gasteiger partial charge is 0.315 e. The summed E-state index contributed by atoms with van der Waals surface area (Å²) in [6.45, 7) is 6.12. The topological polar surface area (TPSA) is 70.2 Å². The van der Waals surface area contributed by atoms with Gasteiger partial charge in [0.1, 0.15) is 0 Å². The van der Waals surface area contributed by atoms with E-state index in [9.17, 15) is 9.59 Å². The molecular formula is C16H23N3O2. The average molecular weight is 289 g/mol. The number of carbonyl (C=O) groups is 2. The molecule has 0 saturated carbocycles. The Morgan fingerprint density at radius 3 is 2.48 bits per heavy atom. The monoisotopic (exact) mass is 289 g/mol. The van der Waals surface area contributed by atoms with Gasteiger partial charge in [-0.1, -0.05) is 25.1 Å². The van der Waals surface area contributed by atoms with Crippen molar-refractivity contribution in [2.45, 2.75) is 32.4 Å². The molecule has 0 heterocycles. The maximum Gasteiger partial charge on any atom is 0.315 e. The lowest BCUT2D eigenvalue weighted by Gasteiger charge is -2.15. The van der Waals surface area contributed by atoms with Crippen molar-refractivity contribution in [3.63, 3.8) is 0 Å². The van der Waals surface area contributed by atoms with Gasteiger partial charge in [0.05, 0.1) is 0 Å². The van der Waals surface area contributed by atoms with Gasteiger partial charge in [0.15, 0.2) is 0 Å². The molecule has 0 aliphatic carbocycles. The quantitative estimate of drug-likeness (QED) is 0.673. The second kappa shape index (κ2) is 8.79. The Bertz CT molecular complexity index is 483. The first-order chi connectivity index (χ1) is 10.1. The number of hydrogen-bond acceptors (Lipinski definition) is 2. The van der Waals surface area contributed by atoms with Crippen LogP contribution in [-0.4, -0.2) is 25.0 Å². The molecule has 1 rings (SSSR count). The van der Waals surface area contributed by atoms with Crippen LogP contribution in [0.15, 0.2) is 36.9 Å². The molecule has 5 heteroatoms. The molecule has 0 aliphatic heterocycles. The van der Waals surface area contributed by atoms with E-state index in [0.717, 1.165) is 18.4 Å². The summed E-state index contributed by atoms with van der Waals surface area (Å²) in [4.78, 5) is 23.2. The molecule has 0 saturated heterocycles. The van der Waals surface area contributed by atoms with Gasteiger partial charge in [0.2, 0.25) is 0 Å². The molecule has 0 aliphatic rings. The minimum absolute atomic E-state index is 0.109. The summed E-state index contributed by atoms with van der Waals surface area (Å²) in [5, 5.41) is 8.26. The molecule has 0 fully saturated rings. The molecule has 1 aromatic carbocycles. The Morgan fingerprint density at radius 1 is 1.29 bits per heavy atom. The zero-order chi connectivity index (χ0) is 15.7. The Hall–Kier alpha value is -2.30. The highest BCUT2D eigenvalue weighted by molar-refractivity contribution is 5.93. The van der Waals surface area contributed by atoms with Crippen LogP contribution in [0.4, 0.5) is 4.79 Å². The van der Waals surface area contributed by atoms with Crippen molar-refractivity contribution in [1.82, 2.24) is 16.0 Å². The standard InChI is InChI=1S/C16H23N3O2/c1-4-6-14(5-2)19-16(21)18-11-12-7-9-13(10-8-12)15(20)17-3/h4,7-10,14H,1,5-6,11H2,2-3H3,(H,17,20)(H2,18,19,21). The van der Waals surface area contributed by atoms with Crippen molar-refractivity contribution in [3.8, 4) is 0 Å². The number of benzene rings is 1. The Labute approximate surface area is 125 Å². The van der Waals surface area contributed by atoms with Gasteiger partial charge >= 0.3 is 6.03 Å². The Balaban J connectivity index is 2.45. The molecule has 1 unspecified atom stereocenters. The van der Waals surface area contributed by atoms with Crippen LogP contribution in [0.25, 0.3) is 0 Å². The molecule has 0 bridgehead atoms. The molecular weight excluding hydrogens is 266 g/mol. The summed E-state index contributed by atoms with van der Waals surface area (Å²) >= 11 is 0. The summed E-state index contributed by atoms with van der Waals surface area (Å²) in [6, 6.07) is 7.04. The average Bonchev–Trinajstić information content (AvgIpc) is 2.52. The third kappa shape index (κ3) is 5.69. The number of carbonyl (C=O) groups excluding carboxylic acids is 2. The molecule has 3 N–H and O–H groups in total. The number of rotatable bonds is 7. The van der Waals surface area contributed by atoms with E-state index in [1.54, 1.807) is 25.3 Å². The fourth-order valence-corrected chi connectivity index (χ4v) is 1.87. The molecule has 21 heavy (non-hydrogen) atoms. The Kier molecular flexibility index (Phi) is 7.01. The molecule has 1 atom stereocenters. The first-order valence-corrected chi connectivity index (χ1v) is 7.07. The van der Waals surface area contributed by atoms with E-state index >= 15 is 0 Å². The van der Waals surface area contributed by atoms with E-state index in [4.69, 9.17) is 0 Å². The minimum atomic E-state index is -0.195. The lowest BCUT2D eigenvalue weighted by Crippen LogP contribution is -2.41. The van der Waals surface area contributed by atoms with Crippen LogP contribution < -0.4 is 16.0 Å². The van der Waals surface area contributed by atoms with Crippen molar-refractivity contribution in [2.24, 2.45) is 0 Å². The Morgan fingerprint density at radius 2 is 1.95 bits per heavy atom. The van der Waals surface area contributed by atoms with E-state index < -0.39 is 0 Å². The minimum Gasteiger partial charge on any atom is -0.355 e. The zero-order valence-electron chi connectivity index (χ0n) is 12.6. The van der Waals surface area contributed by atoms with Crippen LogP contribution in [0.1, 0.15) is 35.7 Å². The van der Waals surface area contributed by atoms with E-state index in [2.05, 4.69) is 22.5 Å². The lowest BCUT2D eigenvalue weighted by atomic mass is 10.1. The van der Waals surface area contributed by atoms with Crippen molar-refractivity contribution in [3.05, 3.63) is 48.0 Å². The normalized spacial score (nSPS) is 11.3. The number of amides is 3. The van der Waals surface area contributed by atoms with Crippen LogP contribution >= 0.6 is 0 Å². The number of hydrogen-bond donors (Lipinski definition) is 3. The molecule has 0 spiro atoms. The molecule has 0 radical (unpaired) electrons. The van der Waals surface area contributed by atoms with Gasteiger partial charge in [-0.2, -0.15) is 0 Å². The SMILES string of the molecule is C=CCC(CC)NC(=O)NCc1ccc(C(=O)NC)cc1. The van der Waals surface area contributed by atoms with Crippen molar-refractivity contribution in [1.29, 1.82) is 0 Å². The van der Waals surface area contributed by atoms with E-state index in [1.807, 2.05) is 19.1 Å². The van der Waals surface area contributed by atoms with Crippen LogP contribution in [-0.2, 0) is 6.54 Å². The van der Waals surface area contributed by atoms with Gasteiger partial charge < -0.3 is 16.0 Å². The number of urea groups is 1. The van der Waals surface area contributed by atoms with Crippen LogP contribution in [0, 0.1) is 0 Å². The predicted octanol–water partition coefficient (Wildman–Crippen LogP) is 2.20. The van der Waals surface area contributed by atoms with E-state index in [1.165, 1.54) is 0 Å². The zero-order valence-corrected chi connectivity index (χ0v) is 12.6. The van der Waals surface area contributed by atoms with Crippen LogP contribution in [0.2, 0.25) is 0 Å². The highest BCUT2D eigenvalue weighted by atomic mass is 16.2. The maximum absolute atomic E-state index is 11.8. The van der Waals surface area contributed by atoms with Crippen LogP contribution in [0.5, 0.6) is 0 Å². The lowest BCUT2D eigenvalue weighted by molar-refractivity contribution is 0.0963. The molecule has 1 aromatic rings. The summed E-state index contributed by atoms with van der Waals surface area (Å²) in [5.74, 6) is -0.123. The summed E-state index contributed by atoms with van der Waals surface area (Å²) in [6.07, 6.45) is 3.41. The summed E-state index contributed by atoms with van der Waals surface area (Å²) in [7, 11) is 1.59. The van der Waals surface area contributed by atoms with Gasteiger partial charge in [-0.3, -0.25) is 4.79 Å².